The molecule has 1 heterocycles. The first-order valence-corrected chi connectivity index (χ1v) is 24.4. The second kappa shape index (κ2) is 60.5. The number of ketones is 1. The molecule has 3 amide bonds. The Labute approximate surface area is 527 Å². The molecular formula is C82H20N2O4S. The maximum absolute atomic E-state index is 11.9. The Bertz CT molecular complexity index is 5410. The summed E-state index contributed by atoms with van der Waals surface area (Å²) in [6.07, 6.45) is 5.48. The van der Waals surface area contributed by atoms with Crippen molar-refractivity contribution in [2.45, 2.75) is 38.9 Å². The smallest absolute Gasteiger partial charge is 0.244 e. The number of likely N-dealkylation sites (tertiary alicyclic amines) is 1. The highest BCUT2D eigenvalue weighted by atomic mass is 32.2. The first-order chi connectivity index (χ1) is 43.8. The molecule has 1 unspecified atom stereocenters. The van der Waals surface area contributed by atoms with Crippen molar-refractivity contribution in [1.82, 2.24) is 10.2 Å². The number of imide groups is 1. The molecule has 89 heavy (non-hydrogen) atoms. The molecule has 1 saturated heterocycles. The van der Waals surface area contributed by atoms with Gasteiger partial charge in [-0.25, -0.2) is 0 Å². The van der Waals surface area contributed by atoms with Crippen LogP contribution in [-0.4, -0.2) is 46.1 Å². The Hall–Kier alpha value is -16.8. The van der Waals surface area contributed by atoms with Gasteiger partial charge in [0.05, 0.1) is 5.25 Å². The van der Waals surface area contributed by atoms with Crippen LogP contribution >= 0.6 is 11.8 Å². The van der Waals surface area contributed by atoms with E-state index in [0.717, 1.165) is 4.90 Å². The normalized spacial score (nSPS) is 7.03. The Balaban J connectivity index is 0.00000365. The van der Waals surface area contributed by atoms with Crippen molar-refractivity contribution < 1.29 is 19.2 Å². The largest absolute Gasteiger partial charge is 0.338 e. The van der Waals surface area contributed by atoms with E-state index in [1.165, 1.54) is 25.6 Å². The maximum atomic E-state index is 11.9. The number of terminal acetylenes is 1. The molecule has 0 aromatic carbocycles. The molecule has 0 aromatic rings. The number of hydrogen-bond donors (Lipinski definition) is 1. The van der Waals surface area contributed by atoms with Gasteiger partial charge in [-0.05, 0) is 109 Å². The topological polar surface area (TPSA) is 83.6 Å². The molecule has 0 bridgehead atoms. The number of nitrogens with zero attached hydrogens (tertiary/aromatic N) is 1. The quantitative estimate of drug-likeness (QED) is 0.313. The highest BCUT2D eigenvalue weighted by molar-refractivity contribution is 8.00. The first-order valence-electron chi connectivity index (χ1n) is 23.4. The van der Waals surface area contributed by atoms with Crippen LogP contribution in [0.2, 0.25) is 0 Å². The Morgan fingerprint density at radius 3 is 0.719 bits per heavy atom. The average Bonchev–Trinajstić information content (AvgIpc) is 2.80. The number of hydrogen-bond acceptors (Lipinski definition) is 5. The number of carbonyl (C=O) groups is 4. The van der Waals surface area contributed by atoms with Gasteiger partial charge in [-0.15, -0.1) is 18.2 Å². The molecule has 1 fully saturated rings. The maximum Gasteiger partial charge on any atom is 0.244 e. The summed E-state index contributed by atoms with van der Waals surface area (Å²) in [4.78, 5) is 46.0. The molecule has 1 N–H and O–H groups in total. The van der Waals surface area contributed by atoms with Crippen molar-refractivity contribution in [2.75, 3.05) is 12.4 Å². The third-order valence-electron chi connectivity index (χ3n) is 6.78. The minimum absolute atomic E-state index is 0.0642. The highest BCUT2D eigenvalue weighted by Gasteiger charge is 2.38. The van der Waals surface area contributed by atoms with Crippen LogP contribution in [0.4, 0.5) is 0 Å². The molecule has 0 spiro atoms. The van der Waals surface area contributed by atoms with Crippen molar-refractivity contribution in [3.05, 3.63) is 0 Å². The molecule has 1 aliphatic rings. The van der Waals surface area contributed by atoms with Crippen LogP contribution < -0.4 is 5.32 Å². The van der Waals surface area contributed by atoms with Crippen LogP contribution in [0.3, 0.4) is 0 Å². The van der Waals surface area contributed by atoms with E-state index in [1.807, 2.05) is 0 Å². The zero-order chi connectivity index (χ0) is 64.5. The number of thioether (sulfide) groups is 1. The molecule has 0 radical (unpaired) electrons. The van der Waals surface area contributed by atoms with Gasteiger partial charge >= 0.3 is 0 Å². The van der Waals surface area contributed by atoms with Gasteiger partial charge in [-0.2, -0.15) is 0 Å². The number of nitrogens with one attached hydrogen (secondary N) is 1. The van der Waals surface area contributed by atoms with Gasteiger partial charge in [0, 0.05) is 333 Å². The van der Waals surface area contributed by atoms with E-state index < -0.39 is 5.25 Å². The van der Waals surface area contributed by atoms with Gasteiger partial charge in [0.15, 0.2) is 0 Å². The van der Waals surface area contributed by atoms with Gasteiger partial charge in [0.1, 0.15) is 12.5 Å². The molecule has 6 nitrogen and oxygen atoms in total. The summed E-state index contributed by atoms with van der Waals surface area (Å²) in [6.45, 7) is 4.43. The lowest BCUT2D eigenvalue weighted by Gasteiger charge is -2.14. The molecule has 1 rings (SSSR count). The SMILES string of the molecule is C#CC#CC#CC#CC#CC#CC#CC#CC#CC#CC#CC#CC#CC#CC#CC#CC#CC#CC#CC#CC#CC#CC#CC#CC#CC#CC#CC#CC#CC#CC#CC#CC#CC#CC#CC.CC(=O)CCSC1CC(=O)N(CNC(C)=O)C1=O. The third-order valence-corrected chi connectivity index (χ3v) is 7.99. The van der Waals surface area contributed by atoms with E-state index >= 15 is 0 Å². The van der Waals surface area contributed by atoms with Gasteiger partial charge in [-0.3, -0.25) is 24.1 Å². The van der Waals surface area contributed by atoms with E-state index in [0.29, 0.717) is 12.2 Å². The average molecular weight is 1130 g/mol. The van der Waals surface area contributed by atoms with Gasteiger partial charge in [-0.1, -0.05) is 5.92 Å². The fourth-order valence-electron chi connectivity index (χ4n) is 3.61. The lowest BCUT2D eigenvalue weighted by atomic mass is 10.3. The van der Waals surface area contributed by atoms with Crippen molar-refractivity contribution in [1.29, 1.82) is 0 Å². The summed E-state index contributed by atoms with van der Waals surface area (Å²) < 4.78 is 0. The van der Waals surface area contributed by atoms with Gasteiger partial charge < -0.3 is 5.32 Å². The summed E-state index contributed by atoms with van der Waals surface area (Å²) >= 11 is 1.32. The predicted molar refractivity (Wildman–Crippen MR) is 346 cm³/mol. The summed E-state index contributed by atoms with van der Waals surface area (Å²) in [5.74, 6) is 172. The second-order valence-corrected chi connectivity index (χ2v) is 14.1. The molecule has 1 atom stereocenters. The van der Waals surface area contributed by atoms with Crippen LogP contribution in [0.15, 0.2) is 0 Å². The summed E-state index contributed by atoms with van der Waals surface area (Å²) in [5.41, 5.74) is 0. The van der Waals surface area contributed by atoms with Gasteiger partial charge in [0.25, 0.3) is 0 Å². The van der Waals surface area contributed by atoms with Crippen LogP contribution in [-0.2, 0) is 19.2 Å². The lowest BCUT2D eigenvalue weighted by molar-refractivity contribution is -0.139. The van der Waals surface area contributed by atoms with Crippen molar-refractivity contribution in [3.63, 3.8) is 0 Å². The first kappa shape index (κ1) is 72.2. The Morgan fingerprint density at radius 2 is 0.551 bits per heavy atom. The minimum Gasteiger partial charge on any atom is -0.338 e. The molecule has 0 saturated carbocycles. The highest BCUT2D eigenvalue weighted by Crippen LogP contribution is 2.25. The van der Waals surface area contributed by atoms with E-state index in [1.54, 1.807) is 6.92 Å². The number of amides is 3. The fraction of sp³-hybridized carbons (Fsp3) is 0.0976. The zero-order valence-electron chi connectivity index (χ0n) is 46.5. The summed E-state index contributed by atoms with van der Waals surface area (Å²) in [7, 11) is 0. The van der Waals surface area contributed by atoms with Crippen LogP contribution in [0.5, 0.6) is 0 Å². The number of carbonyl (C=O) groups excluding carboxylic acids is 4. The third kappa shape index (κ3) is 55.8. The summed E-state index contributed by atoms with van der Waals surface area (Å²) in [5, 5.41) is 2.00. The lowest BCUT2D eigenvalue weighted by Crippen LogP contribution is -2.40. The van der Waals surface area contributed by atoms with Crippen LogP contribution in [0, 0.1) is 415 Å². The van der Waals surface area contributed by atoms with Crippen molar-refractivity contribution >= 4 is 35.3 Å². The van der Waals surface area contributed by atoms with Gasteiger partial charge in [0.2, 0.25) is 17.7 Å². The Morgan fingerprint density at radius 1 is 0.360 bits per heavy atom. The number of rotatable bonds is 6. The molecule has 0 aliphatic carbocycles. The van der Waals surface area contributed by atoms with E-state index in [2.05, 4.69) is 414 Å². The molecule has 7 heteroatoms. The molecular weight excluding hydrogens is 1110 g/mol. The summed E-state index contributed by atoms with van der Waals surface area (Å²) in [6, 6.07) is 0. The van der Waals surface area contributed by atoms with Crippen LogP contribution in [0.1, 0.15) is 33.6 Å². The molecule has 388 valence electrons. The standard InChI is InChI=1S/C71H4.C11H16N2O4S/c1-3-5-7-9-11-13-15-17-19-21-23-25-27-29-31-33-35-37-39-41-43-45-47-49-51-53-55-57-59-61-63-65-67-69-71-70-68-66-64-62-60-58-56-54-52-50-48-46-44-42-40-38-36-34-32-30-28-26-24-22-20-18-16-14-12-10-8-6-4-2;1-7(14)3-4-18-9-5-10(16)13(11(9)17)6-12-8(2)15/h1H,2H3;9H,3-6H2,1-2H3,(H,12,15). The van der Waals surface area contributed by atoms with E-state index in [-0.39, 0.29) is 36.6 Å². The van der Waals surface area contributed by atoms with E-state index in [9.17, 15) is 19.2 Å². The molecule has 1 aliphatic heterocycles. The Kier molecular flexibility index (Phi) is 49.1. The van der Waals surface area contributed by atoms with Crippen LogP contribution in [0.25, 0.3) is 0 Å². The minimum atomic E-state index is -0.425. The van der Waals surface area contributed by atoms with Crippen molar-refractivity contribution in [2.24, 2.45) is 0 Å². The van der Waals surface area contributed by atoms with Crippen molar-refractivity contribution in [3.8, 4) is 415 Å². The number of Topliss-reactive ketones (excluding diaryl/α,β-unsaturated/α-hetero) is 1. The second-order valence-electron chi connectivity index (χ2n) is 12.8. The fourth-order valence-corrected chi connectivity index (χ4v) is 4.83. The molecule has 0 aromatic heterocycles. The van der Waals surface area contributed by atoms with E-state index in [4.69, 9.17) is 6.42 Å². The monoisotopic (exact) mass is 1130 g/mol. The predicted octanol–water partition coefficient (Wildman–Crippen LogP) is 0.675. The zero-order valence-corrected chi connectivity index (χ0v) is 47.3.